The first-order chi connectivity index (χ1) is 11.5. The molecule has 0 atom stereocenters. The number of aromatic carboxylic acids is 1. The number of carboxylic acids is 1. The van der Waals surface area contributed by atoms with Crippen LogP contribution in [0.5, 0.6) is 0 Å². The van der Waals surface area contributed by atoms with Gasteiger partial charge in [-0.1, -0.05) is 12.1 Å². The monoisotopic (exact) mass is 320 g/mol. The summed E-state index contributed by atoms with van der Waals surface area (Å²) in [6.45, 7) is 0. The summed E-state index contributed by atoms with van der Waals surface area (Å²) >= 11 is 0. The standard InChI is InChI=1S/C17H12N4O3/c1-21-14-7-9(2-3-11(14)8-18-21)16(22)15-12-6-10(17(23)24)4-5-13(12)19-20-15/h2-8H,1H3,(H,19,20)(H,23,24). The lowest BCUT2D eigenvalue weighted by atomic mass is 10.0. The largest absolute Gasteiger partial charge is 0.478 e. The molecule has 0 saturated heterocycles. The molecule has 4 aromatic rings. The second kappa shape index (κ2) is 5.02. The van der Waals surface area contributed by atoms with E-state index in [2.05, 4.69) is 15.3 Å². The van der Waals surface area contributed by atoms with Crippen LogP contribution < -0.4 is 0 Å². The quantitative estimate of drug-likeness (QED) is 0.564. The van der Waals surface area contributed by atoms with Gasteiger partial charge in [-0.2, -0.15) is 10.2 Å². The van der Waals surface area contributed by atoms with Crippen LogP contribution >= 0.6 is 0 Å². The average Bonchev–Trinajstić information content (AvgIpc) is 3.17. The summed E-state index contributed by atoms with van der Waals surface area (Å²) in [4.78, 5) is 24.0. The van der Waals surface area contributed by atoms with E-state index in [0.29, 0.717) is 16.5 Å². The average molecular weight is 320 g/mol. The molecule has 24 heavy (non-hydrogen) atoms. The van der Waals surface area contributed by atoms with Crippen molar-refractivity contribution < 1.29 is 14.7 Å². The van der Waals surface area contributed by atoms with Crippen LogP contribution in [-0.2, 0) is 7.05 Å². The van der Waals surface area contributed by atoms with Crippen molar-refractivity contribution in [2.45, 2.75) is 0 Å². The van der Waals surface area contributed by atoms with Crippen LogP contribution in [0.25, 0.3) is 21.8 Å². The van der Waals surface area contributed by atoms with E-state index in [4.69, 9.17) is 5.11 Å². The zero-order valence-electron chi connectivity index (χ0n) is 12.6. The van der Waals surface area contributed by atoms with Crippen molar-refractivity contribution in [3.05, 3.63) is 59.4 Å². The molecule has 2 aromatic heterocycles. The second-order valence-corrected chi connectivity index (χ2v) is 5.51. The summed E-state index contributed by atoms with van der Waals surface area (Å²) in [7, 11) is 1.81. The molecule has 2 N–H and O–H groups in total. The predicted octanol–water partition coefficient (Wildman–Crippen LogP) is 2.38. The number of benzene rings is 2. The molecule has 0 saturated carbocycles. The fourth-order valence-electron chi connectivity index (χ4n) is 2.74. The lowest BCUT2D eigenvalue weighted by Crippen LogP contribution is -2.03. The third-order valence-electron chi connectivity index (χ3n) is 4.04. The van der Waals surface area contributed by atoms with Gasteiger partial charge in [0.05, 0.1) is 22.8 Å². The number of aromatic nitrogens is 4. The van der Waals surface area contributed by atoms with Gasteiger partial charge in [0.2, 0.25) is 5.78 Å². The second-order valence-electron chi connectivity index (χ2n) is 5.51. The molecule has 0 spiro atoms. The van der Waals surface area contributed by atoms with E-state index in [1.165, 1.54) is 12.1 Å². The van der Waals surface area contributed by atoms with Gasteiger partial charge in [-0.25, -0.2) is 4.79 Å². The summed E-state index contributed by atoms with van der Waals surface area (Å²) in [5.41, 5.74) is 2.24. The highest BCUT2D eigenvalue weighted by atomic mass is 16.4. The minimum Gasteiger partial charge on any atom is -0.478 e. The highest BCUT2D eigenvalue weighted by Crippen LogP contribution is 2.22. The Kier molecular flexibility index (Phi) is 2.96. The van der Waals surface area contributed by atoms with Crippen LogP contribution in [0.4, 0.5) is 0 Å². The van der Waals surface area contributed by atoms with Crippen molar-refractivity contribution in [3.8, 4) is 0 Å². The fraction of sp³-hybridized carbons (Fsp3) is 0.0588. The first kappa shape index (κ1) is 14.1. The third kappa shape index (κ3) is 2.06. The molecular formula is C17H12N4O3. The van der Waals surface area contributed by atoms with Crippen molar-refractivity contribution in [3.63, 3.8) is 0 Å². The molecule has 0 unspecified atom stereocenters. The Labute approximate surface area is 135 Å². The molecular weight excluding hydrogens is 308 g/mol. The summed E-state index contributed by atoms with van der Waals surface area (Å²) in [6.07, 6.45) is 1.73. The molecule has 0 radical (unpaired) electrons. The number of nitrogens with zero attached hydrogens (tertiary/aromatic N) is 3. The number of aromatic amines is 1. The van der Waals surface area contributed by atoms with Crippen LogP contribution in [0.3, 0.4) is 0 Å². The minimum atomic E-state index is -1.05. The number of carbonyl (C=O) groups excluding carboxylic acids is 1. The predicted molar refractivity (Wildman–Crippen MR) is 87.2 cm³/mol. The summed E-state index contributed by atoms with van der Waals surface area (Å²) in [5, 5.41) is 21.6. The Morgan fingerprint density at radius 1 is 1.12 bits per heavy atom. The highest BCUT2D eigenvalue weighted by Gasteiger charge is 2.18. The van der Waals surface area contributed by atoms with Crippen LogP contribution in [0, 0.1) is 0 Å². The molecule has 0 aliphatic rings. The van der Waals surface area contributed by atoms with Gasteiger partial charge in [0.15, 0.2) is 0 Å². The molecule has 0 aliphatic heterocycles. The molecule has 0 amide bonds. The molecule has 7 nitrogen and oxygen atoms in total. The smallest absolute Gasteiger partial charge is 0.335 e. The van der Waals surface area contributed by atoms with Crippen molar-refractivity contribution in [1.29, 1.82) is 0 Å². The van der Waals surface area contributed by atoms with E-state index in [1.54, 1.807) is 36.1 Å². The number of hydrogen-bond acceptors (Lipinski definition) is 4. The van der Waals surface area contributed by atoms with E-state index in [-0.39, 0.29) is 17.0 Å². The molecule has 118 valence electrons. The van der Waals surface area contributed by atoms with Gasteiger partial charge in [-0.15, -0.1) is 0 Å². The zero-order valence-corrected chi connectivity index (χ0v) is 12.6. The van der Waals surface area contributed by atoms with Crippen LogP contribution in [0.2, 0.25) is 0 Å². The van der Waals surface area contributed by atoms with Gasteiger partial charge >= 0.3 is 5.97 Å². The molecule has 7 heteroatoms. The molecule has 0 aliphatic carbocycles. The molecule has 2 heterocycles. The Morgan fingerprint density at radius 3 is 2.71 bits per heavy atom. The normalized spacial score (nSPS) is 11.2. The first-order valence-electron chi connectivity index (χ1n) is 7.22. The Bertz CT molecular complexity index is 1120. The number of nitrogens with one attached hydrogen (secondary N) is 1. The number of H-pyrrole nitrogens is 1. The lowest BCUT2D eigenvalue weighted by molar-refractivity contribution is 0.0696. The van der Waals surface area contributed by atoms with Gasteiger partial charge in [0.25, 0.3) is 0 Å². The first-order valence-corrected chi connectivity index (χ1v) is 7.22. The number of fused-ring (bicyclic) bond motifs is 2. The Hall–Kier alpha value is -3.48. The maximum atomic E-state index is 12.8. The zero-order chi connectivity index (χ0) is 16.8. The number of carboxylic acid groups (broad SMARTS) is 1. The van der Waals surface area contributed by atoms with Crippen LogP contribution in [0.15, 0.2) is 42.6 Å². The van der Waals surface area contributed by atoms with Crippen molar-refractivity contribution >= 4 is 33.6 Å². The Balaban J connectivity index is 1.85. The number of ketones is 1. The van der Waals surface area contributed by atoms with Gasteiger partial charge in [-0.3, -0.25) is 14.6 Å². The minimum absolute atomic E-state index is 0.111. The molecule has 0 fully saturated rings. The lowest BCUT2D eigenvalue weighted by Gasteiger charge is -2.01. The van der Waals surface area contributed by atoms with Crippen molar-refractivity contribution in [2.24, 2.45) is 7.05 Å². The van der Waals surface area contributed by atoms with Gasteiger partial charge in [-0.05, 0) is 24.3 Å². The van der Waals surface area contributed by atoms with E-state index >= 15 is 0 Å². The van der Waals surface area contributed by atoms with E-state index < -0.39 is 5.97 Å². The molecule has 4 rings (SSSR count). The molecule has 2 aromatic carbocycles. The summed E-state index contributed by atoms with van der Waals surface area (Å²) in [6, 6.07) is 9.83. The fourth-order valence-corrected chi connectivity index (χ4v) is 2.74. The van der Waals surface area contributed by atoms with Gasteiger partial charge in [0, 0.05) is 23.4 Å². The highest BCUT2D eigenvalue weighted by molar-refractivity contribution is 6.16. The maximum Gasteiger partial charge on any atom is 0.335 e. The van der Waals surface area contributed by atoms with E-state index in [9.17, 15) is 9.59 Å². The van der Waals surface area contributed by atoms with E-state index in [0.717, 1.165) is 10.9 Å². The molecule has 0 bridgehead atoms. The Morgan fingerprint density at radius 2 is 1.92 bits per heavy atom. The van der Waals surface area contributed by atoms with Gasteiger partial charge in [0.1, 0.15) is 5.69 Å². The third-order valence-corrected chi connectivity index (χ3v) is 4.04. The number of hydrogen-bond donors (Lipinski definition) is 2. The maximum absolute atomic E-state index is 12.8. The van der Waals surface area contributed by atoms with Crippen molar-refractivity contribution in [2.75, 3.05) is 0 Å². The van der Waals surface area contributed by atoms with Crippen LogP contribution in [0.1, 0.15) is 26.4 Å². The SMILES string of the molecule is Cn1ncc2ccc(C(=O)c3n[nH]c4ccc(C(=O)O)cc34)cc21. The number of carbonyl (C=O) groups is 2. The van der Waals surface area contributed by atoms with Crippen molar-refractivity contribution in [1.82, 2.24) is 20.0 Å². The van der Waals surface area contributed by atoms with E-state index in [1.807, 2.05) is 6.07 Å². The number of rotatable bonds is 3. The summed E-state index contributed by atoms with van der Waals surface area (Å²) in [5.74, 6) is -1.32. The summed E-state index contributed by atoms with van der Waals surface area (Å²) < 4.78 is 1.69. The van der Waals surface area contributed by atoms with Gasteiger partial charge < -0.3 is 5.11 Å². The topological polar surface area (TPSA) is 101 Å². The number of aryl methyl sites for hydroxylation is 1. The van der Waals surface area contributed by atoms with Crippen LogP contribution in [-0.4, -0.2) is 36.8 Å².